The zero-order valence-electron chi connectivity index (χ0n) is 15.1. The molecule has 0 unspecified atom stereocenters. The first-order chi connectivity index (χ1) is 12.4. The Hall–Kier alpha value is -2.38. The summed E-state index contributed by atoms with van der Waals surface area (Å²) in [5, 5.41) is 10.2. The van der Waals surface area contributed by atoms with E-state index in [1.54, 1.807) is 38.0 Å². The van der Waals surface area contributed by atoms with Crippen LogP contribution in [0.3, 0.4) is 0 Å². The van der Waals surface area contributed by atoms with Gasteiger partial charge in [0.2, 0.25) is 0 Å². The molecule has 0 saturated carbocycles. The van der Waals surface area contributed by atoms with Crippen molar-refractivity contribution >= 4 is 17.9 Å². The Morgan fingerprint density at radius 1 is 1.19 bits per heavy atom. The van der Waals surface area contributed by atoms with Crippen LogP contribution in [0, 0.1) is 0 Å². The number of carbonyl (C=O) groups is 1. The van der Waals surface area contributed by atoms with E-state index in [9.17, 15) is 9.90 Å². The molecule has 7 heteroatoms. The molecule has 140 valence electrons. The predicted molar refractivity (Wildman–Crippen MR) is 103 cm³/mol. The van der Waals surface area contributed by atoms with Crippen molar-refractivity contribution in [2.24, 2.45) is 5.73 Å². The third-order valence-corrected chi connectivity index (χ3v) is 4.47. The fourth-order valence-electron chi connectivity index (χ4n) is 2.22. The van der Waals surface area contributed by atoms with Crippen LogP contribution in [0.25, 0.3) is 0 Å². The molecule has 0 heterocycles. The van der Waals surface area contributed by atoms with Gasteiger partial charge in [0.1, 0.15) is 17.2 Å². The van der Waals surface area contributed by atoms with Crippen molar-refractivity contribution < 1.29 is 19.4 Å². The molecule has 0 bridgehead atoms. The molecule has 1 atom stereocenters. The fraction of sp³-hybridized carbons (Fsp3) is 0.316. The van der Waals surface area contributed by atoms with Crippen molar-refractivity contribution in [3.8, 4) is 17.2 Å². The van der Waals surface area contributed by atoms with Crippen molar-refractivity contribution in [1.29, 1.82) is 0 Å². The van der Waals surface area contributed by atoms with Crippen molar-refractivity contribution in [3.63, 3.8) is 0 Å². The van der Waals surface area contributed by atoms with Gasteiger partial charge < -0.3 is 25.2 Å². The van der Waals surface area contributed by atoms with Crippen LogP contribution in [0.2, 0.25) is 0 Å². The maximum atomic E-state index is 11.5. The maximum absolute atomic E-state index is 11.5. The van der Waals surface area contributed by atoms with Gasteiger partial charge in [-0.15, -0.1) is 11.8 Å². The summed E-state index contributed by atoms with van der Waals surface area (Å²) >= 11 is 1.67. The number of nitrogens with two attached hydrogens (primary N) is 1. The van der Waals surface area contributed by atoms with E-state index in [-0.39, 0.29) is 17.5 Å². The molecule has 0 aliphatic rings. The molecular weight excluding hydrogens is 352 g/mol. The molecule has 2 rings (SSSR count). The van der Waals surface area contributed by atoms with Crippen molar-refractivity contribution in [2.45, 2.75) is 17.4 Å². The number of phenols is 1. The Morgan fingerprint density at radius 2 is 1.85 bits per heavy atom. The SMILES string of the molecule is CSc1ccc(OCC[C@@H](N)c2ccc(OC(=O)N(C)C)cc2O)cc1. The van der Waals surface area contributed by atoms with Crippen LogP contribution in [0.15, 0.2) is 47.4 Å². The predicted octanol–water partition coefficient (Wildman–Crippen LogP) is 3.64. The lowest BCUT2D eigenvalue weighted by atomic mass is 10.0. The quantitative estimate of drug-likeness (QED) is 0.718. The van der Waals surface area contributed by atoms with Crippen LogP contribution < -0.4 is 15.2 Å². The highest BCUT2D eigenvalue weighted by molar-refractivity contribution is 7.98. The summed E-state index contributed by atoms with van der Waals surface area (Å²) in [6.45, 7) is 0.427. The lowest BCUT2D eigenvalue weighted by Crippen LogP contribution is -2.25. The van der Waals surface area contributed by atoms with Gasteiger partial charge in [0.15, 0.2) is 0 Å². The second-order valence-corrected chi connectivity index (χ2v) is 6.78. The molecule has 6 nitrogen and oxygen atoms in total. The number of hydrogen-bond donors (Lipinski definition) is 2. The summed E-state index contributed by atoms with van der Waals surface area (Å²) in [5.41, 5.74) is 6.73. The van der Waals surface area contributed by atoms with Gasteiger partial charge in [0.05, 0.1) is 6.61 Å². The van der Waals surface area contributed by atoms with Gasteiger partial charge in [-0.25, -0.2) is 4.79 Å². The minimum Gasteiger partial charge on any atom is -0.507 e. The van der Waals surface area contributed by atoms with Gasteiger partial charge in [-0.05, 0) is 36.6 Å². The Morgan fingerprint density at radius 3 is 2.42 bits per heavy atom. The second-order valence-electron chi connectivity index (χ2n) is 5.90. The molecule has 0 radical (unpaired) electrons. The summed E-state index contributed by atoms with van der Waals surface area (Å²) in [7, 11) is 3.17. The standard InChI is InChI=1S/C19H24N2O4S/c1-21(2)19(23)25-14-6-9-16(18(22)12-14)17(20)10-11-24-13-4-7-15(26-3)8-5-13/h4-9,12,17,22H,10-11,20H2,1-3H3/t17-/m1/s1. The highest BCUT2D eigenvalue weighted by Crippen LogP contribution is 2.29. The van der Waals surface area contributed by atoms with Gasteiger partial charge in [-0.3, -0.25) is 0 Å². The third-order valence-electron chi connectivity index (χ3n) is 3.73. The number of ether oxygens (including phenoxy) is 2. The topological polar surface area (TPSA) is 85.0 Å². The normalized spacial score (nSPS) is 11.7. The molecule has 0 fully saturated rings. The lowest BCUT2D eigenvalue weighted by Gasteiger charge is -2.16. The molecule has 0 aliphatic heterocycles. The maximum Gasteiger partial charge on any atom is 0.414 e. The number of phenolic OH excluding ortho intramolecular Hbond substituents is 1. The largest absolute Gasteiger partial charge is 0.507 e. The third kappa shape index (κ3) is 5.57. The number of benzene rings is 2. The second kappa shape index (κ2) is 9.35. The zero-order chi connectivity index (χ0) is 19.1. The highest BCUT2D eigenvalue weighted by atomic mass is 32.2. The van der Waals surface area contributed by atoms with Gasteiger partial charge in [0, 0.05) is 43.1 Å². The van der Waals surface area contributed by atoms with Gasteiger partial charge in [0.25, 0.3) is 0 Å². The Kier molecular flexibility index (Phi) is 7.17. The van der Waals surface area contributed by atoms with Gasteiger partial charge >= 0.3 is 6.09 Å². The molecule has 0 aliphatic carbocycles. The van der Waals surface area contributed by atoms with Gasteiger partial charge in [-0.2, -0.15) is 0 Å². The zero-order valence-corrected chi connectivity index (χ0v) is 16.0. The van der Waals surface area contributed by atoms with E-state index in [1.807, 2.05) is 30.5 Å². The summed E-state index contributed by atoms with van der Waals surface area (Å²) in [6.07, 6.45) is 2.05. The van der Waals surface area contributed by atoms with E-state index >= 15 is 0 Å². The summed E-state index contributed by atoms with van der Waals surface area (Å²) in [5.74, 6) is 1.04. The number of hydrogen-bond acceptors (Lipinski definition) is 6. The highest BCUT2D eigenvalue weighted by Gasteiger charge is 2.14. The van der Waals surface area contributed by atoms with E-state index in [0.717, 1.165) is 5.75 Å². The molecule has 0 spiro atoms. The first-order valence-electron chi connectivity index (χ1n) is 8.15. The first kappa shape index (κ1) is 19.9. The minimum absolute atomic E-state index is 0.00844. The molecule has 1 amide bonds. The number of carbonyl (C=O) groups excluding carboxylic acids is 1. The average molecular weight is 376 g/mol. The summed E-state index contributed by atoms with van der Waals surface area (Å²) in [6, 6.07) is 12.1. The van der Waals surface area contributed by atoms with E-state index in [1.165, 1.54) is 15.9 Å². The van der Waals surface area contributed by atoms with E-state index < -0.39 is 6.09 Å². The van der Waals surface area contributed by atoms with Crippen LogP contribution in [0.5, 0.6) is 17.2 Å². The van der Waals surface area contributed by atoms with Crippen LogP contribution in [0.4, 0.5) is 4.79 Å². The van der Waals surface area contributed by atoms with Crippen molar-refractivity contribution in [2.75, 3.05) is 27.0 Å². The number of nitrogens with zero attached hydrogens (tertiary/aromatic N) is 1. The van der Waals surface area contributed by atoms with Gasteiger partial charge in [-0.1, -0.05) is 6.07 Å². The number of aromatic hydroxyl groups is 1. The number of amides is 1. The molecule has 3 N–H and O–H groups in total. The van der Waals surface area contributed by atoms with Crippen molar-refractivity contribution in [3.05, 3.63) is 48.0 Å². The smallest absolute Gasteiger partial charge is 0.414 e. The minimum atomic E-state index is -0.512. The Balaban J connectivity index is 1.90. The van der Waals surface area contributed by atoms with E-state index in [2.05, 4.69) is 0 Å². The van der Waals surface area contributed by atoms with Crippen LogP contribution >= 0.6 is 11.8 Å². The van der Waals surface area contributed by atoms with Crippen LogP contribution in [-0.2, 0) is 0 Å². The first-order valence-corrected chi connectivity index (χ1v) is 9.37. The van der Waals surface area contributed by atoms with Crippen LogP contribution in [-0.4, -0.2) is 43.1 Å². The van der Waals surface area contributed by atoms with E-state index in [4.69, 9.17) is 15.2 Å². The summed E-state index contributed by atoms with van der Waals surface area (Å²) < 4.78 is 10.8. The fourth-order valence-corrected chi connectivity index (χ4v) is 2.63. The van der Waals surface area contributed by atoms with E-state index in [0.29, 0.717) is 18.6 Å². The molecule has 2 aromatic rings. The number of thioether (sulfide) groups is 1. The van der Waals surface area contributed by atoms with Crippen LogP contribution in [0.1, 0.15) is 18.0 Å². The Bertz CT molecular complexity index is 735. The number of rotatable bonds is 7. The molecule has 0 saturated heterocycles. The molecular formula is C19H24N2O4S. The summed E-state index contributed by atoms with van der Waals surface area (Å²) in [4.78, 5) is 14.0. The lowest BCUT2D eigenvalue weighted by molar-refractivity contribution is 0.172. The average Bonchev–Trinajstić information content (AvgIpc) is 2.62. The van der Waals surface area contributed by atoms with Crippen molar-refractivity contribution in [1.82, 2.24) is 4.90 Å². The molecule has 2 aromatic carbocycles. The molecule has 0 aromatic heterocycles. The Labute approximate surface area is 157 Å². The monoisotopic (exact) mass is 376 g/mol. The molecule has 26 heavy (non-hydrogen) atoms.